The molecule has 3 unspecified atom stereocenters. The summed E-state index contributed by atoms with van der Waals surface area (Å²) in [5.41, 5.74) is 0. The van der Waals surface area contributed by atoms with Gasteiger partial charge >= 0.3 is 0 Å². The van der Waals surface area contributed by atoms with Crippen molar-refractivity contribution in [3.05, 3.63) is 0 Å². The Hall–Kier alpha value is -0.650. The van der Waals surface area contributed by atoms with Crippen molar-refractivity contribution in [3.63, 3.8) is 0 Å². The van der Waals surface area contributed by atoms with Crippen molar-refractivity contribution in [3.8, 4) is 0 Å². The van der Waals surface area contributed by atoms with E-state index in [1.54, 1.807) is 0 Å². The Morgan fingerprint density at radius 1 is 1.20 bits per heavy atom. The number of likely N-dealkylation sites (tertiary alicyclic amines) is 1. The topological polar surface area (TPSA) is 44.8 Å². The first-order valence-corrected chi connectivity index (χ1v) is 8.20. The van der Waals surface area contributed by atoms with E-state index in [0.29, 0.717) is 18.0 Å². The van der Waals surface area contributed by atoms with E-state index in [4.69, 9.17) is 4.74 Å². The molecule has 1 saturated carbocycles. The number of hydrogen-bond acceptors (Lipinski definition) is 4. The molecule has 5 heteroatoms. The Morgan fingerprint density at radius 3 is 2.95 bits per heavy atom. The Labute approximate surface area is 120 Å². The fourth-order valence-electron chi connectivity index (χ4n) is 3.85. The van der Waals surface area contributed by atoms with Crippen LogP contribution in [-0.2, 0) is 9.53 Å². The molecule has 0 radical (unpaired) electrons. The molecule has 5 nitrogen and oxygen atoms in total. The average Bonchev–Trinajstić information content (AvgIpc) is 3.04. The van der Waals surface area contributed by atoms with E-state index in [-0.39, 0.29) is 12.1 Å². The molecule has 1 N–H and O–H groups in total. The van der Waals surface area contributed by atoms with Gasteiger partial charge in [0.2, 0.25) is 5.91 Å². The van der Waals surface area contributed by atoms with Crippen molar-refractivity contribution < 1.29 is 9.53 Å². The largest absolute Gasteiger partial charge is 0.373 e. The normalized spacial score (nSPS) is 38.5. The number of rotatable bonds is 4. The molecule has 3 heterocycles. The first-order valence-electron chi connectivity index (χ1n) is 8.20. The first kappa shape index (κ1) is 13.0. The van der Waals surface area contributed by atoms with Gasteiger partial charge in [0.1, 0.15) is 0 Å². The van der Waals surface area contributed by atoms with Gasteiger partial charge in [0.05, 0.1) is 18.8 Å². The molecule has 3 aliphatic heterocycles. The monoisotopic (exact) mass is 279 g/mol. The lowest BCUT2D eigenvalue weighted by atomic mass is 10.2. The summed E-state index contributed by atoms with van der Waals surface area (Å²) >= 11 is 0. The third kappa shape index (κ3) is 2.59. The van der Waals surface area contributed by atoms with Crippen molar-refractivity contribution in [1.29, 1.82) is 0 Å². The van der Waals surface area contributed by atoms with Crippen LogP contribution in [0.3, 0.4) is 0 Å². The lowest BCUT2D eigenvalue weighted by Gasteiger charge is -2.36. The number of morpholine rings is 1. The highest BCUT2D eigenvalue weighted by Crippen LogP contribution is 2.25. The molecule has 3 atom stereocenters. The van der Waals surface area contributed by atoms with Gasteiger partial charge in [-0.1, -0.05) is 0 Å². The maximum absolute atomic E-state index is 12.4. The maximum atomic E-state index is 12.4. The van der Waals surface area contributed by atoms with Crippen molar-refractivity contribution in [1.82, 2.24) is 15.1 Å². The summed E-state index contributed by atoms with van der Waals surface area (Å²) < 4.78 is 5.97. The minimum atomic E-state index is 0.0747. The SMILES string of the molecule is O=C1C(NC2CC2)CCN1CC1CN2CCCC2CO1. The molecule has 4 rings (SSSR count). The van der Waals surface area contributed by atoms with E-state index in [0.717, 1.165) is 32.7 Å². The Bertz CT molecular complexity index is 385. The number of carbonyl (C=O) groups excluding carboxylic acids is 1. The first-order chi connectivity index (χ1) is 9.79. The van der Waals surface area contributed by atoms with E-state index in [1.165, 1.54) is 32.2 Å². The van der Waals surface area contributed by atoms with Crippen LogP contribution < -0.4 is 5.32 Å². The van der Waals surface area contributed by atoms with Crippen molar-refractivity contribution in [2.75, 3.05) is 32.8 Å². The summed E-state index contributed by atoms with van der Waals surface area (Å²) in [6.45, 7) is 4.76. The van der Waals surface area contributed by atoms with Crippen LogP contribution in [0.4, 0.5) is 0 Å². The summed E-state index contributed by atoms with van der Waals surface area (Å²) in [7, 11) is 0. The van der Waals surface area contributed by atoms with Gasteiger partial charge in [-0.05, 0) is 38.6 Å². The Kier molecular flexibility index (Phi) is 3.44. The predicted molar refractivity (Wildman–Crippen MR) is 75.5 cm³/mol. The summed E-state index contributed by atoms with van der Waals surface area (Å²) in [6.07, 6.45) is 6.25. The van der Waals surface area contributed by atoms with Crippen molar-refractivity contribution in [2.24, 2.45) is 0 Å². The van der Waals surface area contributed by atoms with E-state index in [2.05, 4.69) is 10.2 Å². The Balaban J connectivity index is 1.29. The van der Waals surface area contributed by atoms with E-state index >= 15 is 0 Å². The number of ether oxygens (including phenoxy) is 1. The third-order valence-electron chi connectivity index (χ3n) is 5.20. The summed E-state index contributed by atoms with van der Waals surface area (Å²) in [5.74, 6) is 0.295. The van der Waals surface area contributed by atoms with Crippen LogP contribution in [0.5, 0.6) is 0 Å². The minimum absolute atomic E-state index is 0.0747. The third-order valence-corrected chi connectivity index (χ3v) is 5.20. The van der Waals surface area contributed by atoms with Crippen LogP contribution in [-0.4, -0.2) is 72.7 Å². The molecule has 0 aromatic rings. The molecule has 112 valence electrons. The van der Waals surface area contributed by atoms with Gasteiger partial charge in [0, 0.05) is 31.7 Å². The minimum Gasteiger partial charge on any atom is -0.373 e. The van der Waals surface area contributed by atoms with Crippen LogP contribution in [0.25, 0.3) is 0 Å². The predicted octanol–water partition coefficient (Wildman–Crippen LogP) is 0.203. The molecule has 1 amide bonds. The second kappa shape index (κ2) is 5.28. The molecule has 0 bridgehead atoms. The molecule has 3 saturated heterocycles. The smallest absolute Gasteiger partial charge is 0.239 e. The zero-order valence-corrected chi connectivity index (χ0v) is 12.1. The fraction of sp³-hybridized carbons (Fsp3) is 0.933. The zero-order valence-electron chi connectivity index (χ0n) is 12.1. The highest BCUT2D eigenvalue weighted by atomic mass is 16.5. The van der Waals surface area contributed by atoms with Gasteiger partial charge in [0.25, 0.3) is 0 Å². The summed E-state index contributed by atoms with van der Waals surface area (Å²) in [5, 5.41) is 3.46. The number of nitrogens with zero attached hydrogens (tertiary/aromatic N) is 2. The molecule has 0 aromatic heterocycles. The second-order valence-electron chi connectivity index (χ2n) is 6.81. The molecule has 1 aliphatic carbocycles. The molecule has 4 fully saturated rings. The standard InChI is InChI=1S/C15H25N3O2/c19-15-14(16-11-3-4-11)5-7-18(15)9-13-8-17-6-1-2-12(17)10-20-13/h11-14,16H,1-10H2. The second-order valence-corrected chi connectivity index (χ2v) is 6.81. The van der Waals surface area contributed by atoms with E-state index in [1.807, 2.05) is 4.90 Å². The fourth-order valence-corrected chi connectivity index (χ4v) is 3.85. The van der Waals surface area contributed by atoms with Crippen molar-refractivity contribution in [2.45, 2.75) is 56.3 Å². The number of hydrogen-bond donors (Lipinski definition) is 1. The maximum Gasteiger partial charge on any atom is 0.239 e. The van der Waals surface area contributed by atoms with Crippen molar-refractivity contribution >= 4 is 5.91 Å². The van der Waals surface area contributed by atoms with Gasteiger partial charge < -0.3 is 15.0 Å². The van der Waals surface area contributed by atoms with Crippen LogP contribution >= 0.6 is 0 Å². The van der Waals surface area contributed by atoms with Gasteiger partial charge in [-0.3, -0.25) is 9.69 Å². The number of carbonyl (C=O) groups is 1. The van der Waals surface area contributed by atoms with Gasteiger partial charge in [0.15, 0.2) is 0 Å². The van der Waals surface area contributed by atoms with Gasteiger partial charge in [-0.2, -0.15) is 0 Å². The quantitative estimate of drug-likeness (QED) is 0.799. The van der Waals surface area contributed by atoms with Crippen LogP contribution in [0.2, 0.25) is 0 Å². The van der Waals surface area contributed by atoms with Crippen LogP contribution in [0, 0.1) is 0 Å². The average molecular weight is 279 g/mol. The van der Waals surface area contributed by atoms with Gasteiger partial charge in [-0.15, -0.1) is 0 Å². The molecular weight excluding hydrogens is 254 g/mol. The molecule has 0 aromatic carbocycles. The van der Waals surface area contributed by atoms with Gasteiger partial charge in [-0.25, -0.2) is 0 Å². The number of nitrogens with one attached hydrogen (secondary N) is 1. The summed E-state index contributed by atoms with van der Waals surface area (Å²) in [4.78, 5) is 16.9. The molecule has 4 aliphatic rings. The number of fused-ring (bicyclic) bond motifs is 1. The molecule has 20 heavy (non-hydrogen) atoms. The van der Waals surface area contributed by atoms with Crippen LogP contribution in [0.1, 0.15) is 32.1 Å². The molecule has 0 spiro atoms. The molecular formula is C15H25N3O2. The van der Waals surface area contributed by atoms with Crippen LogP contribution in [0.15, 0.2) is 0 Å². The highest BCUT2D eigenvalue weighted by molar-refractivity contribution is 5.84. The highest BCUT2D eigenvalue weighted by Gasteiger charge is 2.38. The zero-order chi connectivity index (χ0) is 13.5. The summed E-state index contributed by atoms with van der Waals surface area (Å²) in [6, 6.07) is 1.33. The van der Waals surface area contributed by atoms with E-state index < -0.39 is 0 Å². The Morgan fingerprint density at radius 2 is 2.10 bits per heavy atom. The lowest BCUT2D eigenvalue weighted by Crippen LogP contribution is -2.51. The number of amides is 1. The van der Waals surface area contributed by atoms with E-state index in [9.17, 15) is 4.79 Å². The lowest BCUT2D eigenvalue weighted by molar-refractivity contribution is -0.133.